The van der Waals surface area contributed by atoms with Crippen LogP contribution in [0.15, 0.2) is 0 Å². The summed E-state index contributed by atoms with van der Waals surface area (Å²) in [5, 5.41) is 12.7. The van der Waals surface area contributed by atoms with Gasteiger partial charge in [0.05, 0.1) is 0 Å². The van der Waals surface area contributed by atoms with E-state index in [2.05, 4.69) is 5.32 Å². The Kier molecular flexibility index (Phi) is 2.37. The molecule has 1 heterocycles. The van der Waals surface area contributed by atoms with Gasteiger partial charge in [-0.25, -0.2) is 0 Å². The molecule has 12 heavy (non-hydrogen) atoms. The first kappa shape index (κ1) is 8.52. The van der Waals surface area contributed by atoms with Gasteiger partial charge in [0.15, 0.2) is 0 Å². The lowest BCUT2D eigenvalue weighted by Crippen LogP contribution is -2.32. The molecule has 0 aromatic heterocycles. The number of hydrogen-bond donors (Lipinski definition) is 2. The van der Waals surface area contributed by atoms with E-state index in [1.54, 1.807) is 0 Å². The van der Waals surface area contributed by atoms with Gasteiger partial charge < -0.3 is 10.4 Å². The van der Waals surface area contributed by atoms with Crippen LogP contribution in [0.2, 0.25) is 0 Å². The standard InChI is InChI=1S/C10H19NO/c12-8-10(4-5-11-7-10)6-9-2-1-3-9/h9,11-12H,1-8H2. The van der Waals surface area contributed by atoms with E-state index in [1.165, 1.54) is 32.1 Å². The van der Waals surface area contributed by atoms with E-state index in [0.29, 0.717) is 6.61 Å². The van der Waals surface area contributed by atoms with Crippen LogP contribution in [0, 0.1) is 11.3 Å². The highest BCUT2D eigenvalue weighted by Crippen LogP contribution is 2.40. The zero-order valence-corrected chi connectivity index (χ0v) is 7.68. The van der Waals surface area contributed by atoms with Gasteiger partial charge in [-0.1, -0.05) is 19.3 Å². The Labute approximate surface area is 74.4 Å². The molecular formula is C10H19NO. The Morgan fingerprint density at radius 1 is 1.42 bits per heavy atom. The largest absolute Gasteiger partial charge is 0.396 e. The van der Waals surface area contributed by atoms with Crippen molar-refractivity contribution in [3.05, 3.63) is 0 Å². The van der Waals surface area contributed by atoms with Crippen LogP contribution >= 0.6 is 0 Å². The van der Waals surface area contributed by atoms with Crippen LogP contribution < -0.4 is 5.32 Å². The Balaban J connectivity index is 1.87. The predicted molar refractivity (Wildman–Crippen MR) is 49.0 cm³/mol. The fourth-order valence-corrected chi connectivity index (χ4v) is 2.48. The summed E-state index contributed by atoms with van der Waals surface area (Å²) >= 11 is 0. The Morgan fingerprint density at radius 2 is 2.25 bits per heavy atom. The van der Waals surface area contributed by atoms with Gasteiger partial charge in [0.2, 0.25) is 0 Å². The van der Waals surface area contributed by atoms with Crippen molar-refractivity contribution in [2.75, 3.05) is 19.7 Å². The van der Waals surface area contributed by atoms with Gasteiger partial charge in [-0.15, -0.1) is 0 Å². The number of hydrogen-bond acceptors (Lipinski definition) is 2. The predicted octanol–water partition coefficient (Wildman–Crippen LogP) is 1.15. The van der Waals surface area contributed by atoms with E-state index < -0.39 is 0 Å². The van der Waals surface area contributed by atoms with Gasteiger partial charge in [-0.05, 0) is 25.3 Å². The van der Waals surface area contributed by atoms with Crippen molar-refractivity contribution in [1.82, 2.24) is 5.32 Å². The third kappa shape index (κ3) is 1.50. The highest BCUT2D eigenvalue weighted by atomic mass is 16.3. The molecule has 0 spiro atoms. The van der Waals surface area contributed by atoms with Crippen LogP contribution in [0.4, 0.5) is 0 Å². The summed E-state index contributed by atoms with van der Waals surface area (Å²) in [6.45, 7) is 2.53. The minimum atomic E-state index is 0.255. The fourth-order valence-electron chi connectivity index (χ4n) is 2.48. The molecule has 1 saturated carbocycles. The van der Waals surface area contributed by atoms with Crippen molar-refractivity contribution in [2.45, 2.75) is 32.1 Å². The summed E-state index contributed by atoms with van der Waals surface area (Å²) in [5.41, 5.74) is 0.255. The maximum atomic E-state index is 9.35. The second-order valence-electron chi connectivity index (χ2n) is 4.59. The molecule has 0 aromatic carbocycles. The van der Waals surface area contributed by atoms with E-state index >= 15 is 0 Å². The van der Waals surface area contributed by atoms with Gasteiger partial charge in [-0.3, -0.25) is 0 Å². The maximum Gasteiger partial charge on any atom is 0.0500 e. The number of aliphatic hydroxyl groups is 1. The zero-order valence-electron chi connectivity index (χ0n) is 7.68. The lowest BCUT2D eigenvalue weighted by atomic mass is 9.71. The van der Waals surface area contributed by atoms with Gasteiger partial charge >= 0.3 is 0 Å². The smallest absolute Gasteiger partial charge is 0.0500 e. The normalized spacial score (nSPS) is 36.8. The molecule has 1 saturated heterocycles. The second kappa shape index (κ2) is 3.35. The van der Waals surface area contributed by atoms with Crippen molar-refractivity contribution < 1.29 is 5.11 Å². The second-order valence-corrected chi connectivity index (χ2v) is 4.59. The van der Waals surface area contributed by atoms with Crippen LogP contribution in [-0.2, 0) is 0 Å². The van der Waals surface area contributed by atoms with Crippen LogP contribution in [0.1, 0.15) is 32.1 Å². The molecule has 1 aliphatic heterocycles. The lowest BCUT2D eigenvalue weighted by Gasteiger charge is -2.35. The van der Waals surface area contributed by atoms with Crippen molar-refractivity contribution in [3.63, 3.8) is 0 Å². The Morgan fingerprint density at radius 3 is 2.67 bits per heavy atom. The zero-order chi connectivity index (χ0) is 8.44. The minimum absolute atomic E-state index is 0.255. The minimum Gasteiger partial charge on any atom is -0.396 e. The Hall–Kier alpha value is -0.0800. The molecule has 70 valence electrons. The first-order chi connectivity index (χ1) is 5.85. The molecule has 1 aliphatic carbocycles. The van der Waals surface area contributed by atoms with Crippen molar-refractivity contribution in [1.29, 1.82) is 0 Å². The molecule has 2 heteroatoms. The molecule has 1 unspecified atom stereocenters. The molecular weight excluding hydrogens is 150 g/mol. The lowest BCUT2D eigenvalue weighted by molar-refractivity contribution is 0.0925. The first-order valence-electron chi connectivity index (χ1n) is 5.16. The summed E-state index contributed by atoms with van der Waals surface area (Å²) in [4.78, 5) is 0. The fraction of sp³-hybridized carbons (Fsp3) is 1.00. The van der Waals surface area contributed by atoms with Gasteiger partial charge in [-0.2, -0.15) is 0 Å². The Bertz CT molecular complexity index is 148. The molecule has 0 radical (unpaired) electrons. The van der Waals surface area contributed by atoms with E-state index in [4.69, 9.17) is 0 Å². The van der Waals surface area contributed by atoms with Crippen LogP contribution in [-0.4, -0.2) is 24.8 Å². The molecule has 0 amide bonds. The highest BCUT2D eigenvalue weighted by Gasteiger charge is 2.36. The molecule has 2 fully saturated rings. The molecule has 2 rings (SSSR count). The number of rotatable bonds is 3. The number of nitrogens with one attached hydrogen (secondary N) is 1. The monoisotopic (exact) mass is 169 g/mol. The van der Waals surface area contributed by atoms with Crippen LogP contribution in [0.5, 0.6) is 0 Å². The first-order valence-corrected chi connectivity index (χ1v) is 5.16. The third-order valence-corrected chi connectivity index (χ3v) is 3.61. The van der Waals surface area contributed by atoms with Gasteiger partial charge in [0.25, 0.3) is 0 Å². The van der Waals surface area contributed by atoms with E-state index in [9.17, 15) is 5.11 Å². The SMILES string of the molecule is OCC1(CC2CCC2)CCNC1. The van der Waals surface area contributed by atoms with Gasteiger partial charge in [0.1, 0.15) is 0 Å². The summed E-state index contributed by atoms with van der Waals surface area (Å²) < 4.78 is 0. The summed E-state index contributed by atoms with van der Waals surface area (Å²) in [5.74, 6) is 0.928. The van der Waals surface area contributed by atoms with Crippen molar-refractivity contribution in [3.8, 4) is 0 Å². The molecule has 2 nitrogen and oxygen atoms in total. The van der Waals surface area contributed by atoms with E-state index in [1.807, 2.05) is 0 Å². The summed E-state index contributed by atoms with van der Waals surface area (Å²) in [6, 6.07) is 0. The average Bonchev–Trinajstić information content (AvgIpc) is 2.46. The maximum absolute atomic E-state index is 9.35. The van der Waals surface area contributed by atoms with Gasteiger partial charge in [0, 0.05) is 18.6 Å². The molecule has 2 N–H and O–H groups in total. The topological polar surface area (TPSA) is 32.3 Å². The van der Waals surface area contributed by atoms with Crippen molar-refractivity contribution >= 4 is 0 Å². The molecule has 0 aromatic rings. The molecule has 2 aliphatic rings. The molecule has 0 bridgehead atoms. The van der Waals surface area contributed by atoms with E-state index in [0.717, 1.165) is 19.0 Å². The third-order valence-electron chi connectivity index (χ3n) is 3.61. The summed E-state index contributed by atoms with van der Waals surface area (Å²) in [6.07, 6.45) is 6.67. The van der Waals surface area contributed by atoms with E-state index in [-0.39, 0.29) is 5.41 Å². The number of aliphatic hydroxyl groups excluding tert-OH is 1. The quantitative estimate of drug-likeness (QED) is 0.664. The average molecular weight is 169 g/mol. The van der Waals surface area contributed by atoms with Crippen LogP contribution in [0.3, 0.4) is 0 Å². The summed E-state index contributed by atoms with van der Waals surface area (Å²) in [7, 11) is 0. The van der Waals surface area contributed by atoms with Crippen LogP contribution in [0.25, 0.3) is 0 Å². The van der Waals surface area contributed by atoms with Crippen molar-refractivity contribution in [2.24, 2.45) is 11.3 Å². The molecule has 1 atom stereocenters. The highest BCUT2D eigenvalue weighted by molar-refractivity contribution is 4.90.